The van der Waals surface area contributed by atoms with Crippen molar-refractivity contribution in [1.29, 1.82) is 0 Å². The van der Waals surface area contributed by atoms with Gasteiger partial charge in [0.25, 0.3) is 0 Å². The van der Waals surface area contributed by atoms with Crippen LogP contribution >= 0.6 is 11.8 Å². The molecule has 4 saturated carbocycles. The van der Waals surface area contributed by atoms with Crippen LogP contribution < -0.4 is 51.2 Å². The molecule has 0 aromatic carbocycles. The van der Waals surface area contributed by atoms with Crippen LogP contribution in [0.15, 0.2) is 97.8 Å². The molecule has 2 aliphatic heterocycles. The third-order valence-electron chi connectivity index (χ3n) is 18.6. The second-order valence-electron chi connectivity index (χ2n) is 28.7. The van der Waals surface area contributed by atoms with Gasteiger partial charge in [0, 0.05) is 108 Å². The summed E-state index contributed by atoms with van der Waals surface area (Å²) in [5, 5.41) is 66.9. The molecule has 0 bridgehead atoms. The van der Waals surface area contributed by atoms with Gasteiger partial charge in [-0.15, -0.1) is 0 Å². The lowest BCUT2D eigenvalue weighted by Crippen LogP contribution is -2.45. The fraction of sp³-hybridized carbons (Fsp3) is 0.600. The first-order chi connectivity index (χ1) is 59.4. The summed E-state index contributed by atoms with van der Waals surface area (Å²) < 4.78 is 72.0. The smallest absolute Gasteiger partial charge is 0.368 e. The molecule has 1 atom stereocenters. The lowest BCUT2D eigenvalue weighted by atomic mass is 9.89. The number of allylic oxidation sites excluding steroid dienone is 9. The molecule has 15 rings (SSSR count). The standard InChI is InChI=1S/C9H14N4O2.C8H12N4O2S.4C8H12N4O.C7H12N4O3S.C7H12N4O2S.C7H12N4OS/c1-3-4-12-8(14)13(11-10-12)5-9(2)6-15-7-9;1-3-4-11-8(13)12(10-9-11)7-5-15(2,14)6-7;4*1-2-6-11-8(13)12(10-9-11)7-4-3-5-7;1-3-4-10-7(12)11(9-8-10)5-6-15(2,13)14;1-3-4-10-7(12)11(9-8-10)5-6-14(2)13;1-3-4-10-7(12)11(9-8-10)5-6-13-2/h3-4H,5-7H2,1-2H3;3-4,7H,2,5-6H2,1H3;4*2,6-7H,3-5H2,1H3;3-4H,5-6H2,1-2H3;3-4H,5-6H2,1-2H3;3-4H,5-6H2,1-2H3/b2*4-3-;4*6-2-;3*4-3-. The minimum atomic E-state index is -3.10. The van der Waals surface area contributed by atoms with Crippen molar-refractivity contribution in [1.82, 2.24) is 178 Å². The van der Waals surface area contributed by atoms with Gasteiger partial charge in [0.15, 0.2) is 0 Å². The van der Waals surface area contributed by atoms with Crippen molar-refractivity contribution in [2.45, 2.75) is 203 Å². The normalized spacial score (nSPS) is 17.8. The predicted octanol–water partition coefficient (Wildman–Crippen LogP) is 0.367. The molecule has 124 heavy (non-hydrogen) atoms. The highest BCUT2D eigenvalue weighted by molar-refractivity contribution is 8.01. The molecule has 9 aromatic rings. The Hall–Kier alpha value is -12.1. The third kappa shape index (κ3) is 28.5. The number of aryl methyl sites for hydroxylation is 3. The number of thioether (sulfide) groups is 1. The number of ether oxygens (including phenoxy) is 1. The van der Waals surface area contributed by atoms with Gasteiger partial charge in [-0.2, -0.15) is 96.0 Å². The van der Waals surface area contributed by atoms with Gasteiger partial charge in [-0.05, 0) is 255 Å². The molecule has 11 heterocycles. The molecule has 0 radical (unpaired) electrons. The van der Waals surface area contributed by atoms with Crippen molar-refractivity contribution >= 4 is 104 Å². The number of sulfone groups is 1. The summed E-state index contributed by atoms with van der Waals surface area (Å²) in [6.07, 6.45) is 47.6. The molecule has 0 spiro atoms. The maximum Gasteiger partial charge on any atom is 0.368 e. The van der Waals surface area contributed by atoms with Crippen molar-refractivity contribution in [2.24, 2.45) is 5.41 Å². The van der Waals surface area contributed by atoms with E-state index >= 15 is 0 Å². The molecule has 0 N–H and O–H groups in total. The van der Waals surface area contributed by atoms with Crippen LogP contribution in [0.5, 0.6) is 0 Å². The zero-order chi connectivity index (χ0) is 90.7. The Labute approximate surface area is 717 Å². The topological polar surface area (TPSA) is 552 Å². The Kier molecular flexibility index (Phi) is 38.9. The molecule has 1 unspecified atom stereocenters. The first kappa shape index (κ1) is 99.0. The minimum absolute atomic E-state index is 0.0230. The van der Waals surface area contributed by atoms with Crippen molar-refractivity contribution in [3.8, 4) is 0 Å². The molecule has 54 heteroatoms. The van der Waals surface area contributed by atoms with Crippen molar-refractivity contribution in [3.05, 3.63) is 149 Å². The predicted molar refractivity (Wildman–Crippen MR) is 469 cm³/mol. The Morgan fingerprint density at radius 1 is 0.395 bits per heavy atom. The van der Waals surface area contributed by atoms with Gasteiger partial charge in [-0.25, -0.2) is 51.6 Å². The lowest BCUT2D eigenvalue weighted by Gasteiger charge is -2.37. The van der Waals surface area contributed by atoms with Crippen molar-refractivity contribution in [3.63, 3.8) is 0 Å². The summed E-state index contributed by atoms with van der Waals surface area (Å²) in [6, 6.07) is 1.03. The monoisotopic (exact) mass is 1810 g/mol. The SMILES string of the molecule is C/C=C\n1nnn(C2CCC2)c1=O.C/C=C\n1nnn(C2CCC2)c1=O.C/C=C\n1nnn(C2CCC2)c1=O.C/C=C\n1nnn(C2CCC2)c1=O.C/C=C\n1nnn(CC2(C)COC2)c1=O.C/C=C\n1nnn(CCS(C)(=O)=O)c1=O.C/C=C\n1nnn(CCS(C)=O)c1=O.C/C=C\n1nnn(CCSC)c1=O.C=S1(=O)CC(n2nnn(/C=C\C)c2=O)C1. The van der Waals surface area contributed by atoms with Crippen molar-refractivity contribution < 1.29 is 21.6 Å². The molecule has 678 valence electrons. The van der Waals surface area contributed by atoms with Gasteiger partial charge in [0.2, 0.25) is 0 Å². The highest BCUT2D eigenvalue weighted by atomic mass is 32.2. The van der Waals surface area contributed by atoms with Gasteiger partial charge in [0.05, 0.1) is 75.4 Å². The van der Waals surface area contributed by atoms with Crippen LogP contribution in [0.4, 0.5) is 0 Å². The van der Waals surface area contributed by atoms with Crippen molar-refractivity contribution in [2.75, 3.05) is 60.7 Å². The van der Waals surface area contributed by atoms with E-state index in [9.17, 15) is 60.0 Å². The van der Waals surface area contributed by atoms with Crippen LogP contribution in [0.2, 0.25) is 0 Å². The molecule has 2 saturated heterocycles. The minimum Gasteiger partial charge on any atom is -0.380 e. The Bertz CT molecular complexity index is 5680. The molecule has 4 aliphatic carbocycles. The summed E-state index contributed by atoms with van der Waals surface area (Å²) in [7, 11) is -5.97. The van der Waals surface area contributed by atoms with E-state index in [4.69, 9.17) is 4.74 Å². The van der Waals surface area contributed by atoms with Gasteiger partial charge >= 0.3 is 51.2 Å². The van der Waals surface area contributed by atoms with Gasteiger partial charge in [-0.3, -0.25) is 8.42 Å². The third-order valence-corrected chi connectivity index (χ3v) is 22.9. The number of hydrogen-bond acceptors (Lipinski definition) is 33. The molecular formula is C70H110N36O14S4. The van der Waals surface area contributed by atoms with E-state index in [2.05, 4.69) is 107 Å². The average Bonchev–Trinajstić information content (AvgIpc) is 1.42. The van der Waals surface area contributed by atoms with Crippen LogP contribution in [0.25, 0.3) is 55.8 Å². The molecule has 9 aromatic heterocycles. The van der Waals surface area contributed by atoms with Crippen LogP contribution in [-0.4, -0.2) is 262 Å². The van der Waals surface area contributed by atoms with Gasteiger partial charge < -0.3 is 4.74 Å². The van der Waals surface area contributed by atoms with E-state index in [0.29, 0.717) is 50.1 Å². The summed E-state index contributed by atoms with van der Waals surface area (Å²) in [5.74, 6) is 5.56. The van der Waals surface area contributed by atoms with Crippen LogP contribution in [0.1, 0.15) is 176 Å². The molecule has 0 amide bonds. The Balaban J connectivity index is 0.000000192. The summed E-state index contributed by atoms with van der Waals surface area (Å²) in [4.78, 5) is 104. The molecule has 50 nitrogen and oxygen atoms in total. The Morgan fingerprint density at radius 2 is 0.637 bits per heavy atom. The Morgan fingerprint density at radius 3 is 0.863 bits per heavy atom. The quantitative estimate of drug-likeness (QED) is 0.0697. The zero-order valence-electron chi connectivity index (χ0n) is 71.7. The zero-order valence-corrected chi connectivity index (χ0v) is 75.0. The van der Waals surface area contributed by atoms with Crippen LogP contribution in [-0.2, 0) is 61.1 Å². The van der Waals surface area contributed by atoms with Gasteiger partial charge in [0.1, 0.15) is 9.84 Å². The molecule has 6 fully saturated rings. The van der Waals surface area contributed by atoms with Crippen LogP contribution in [0, 0.1) is 5.41 Å². The van der Waals surface area contributed by atoms with E-state index in [1.54, 1.807) is 131 Å². The maximum atomic E-state index is 11.7. The number of rotatable bonds is 25. The summed E-state index contributed by atoms with van der Waals surface area (Å²) in [5.41, 5.74) is -1.97. The highest BCUT2D eigenvalue weighted by Crippen LogP contribution is 2.32. The van der Waals surface area contributed by atoms with E-state index in [1.165, 1.54) is 110 Å². The fourth-order valence-electron chi connectivity index (χ4n) is 11.1. The number of nitrogens with zero attached hydrogens (tertiary/aromatic N) is 36. The van der Waals surface area contributed by atoms with E-state index in [-0.39, 0.29) is 93.4 Å². The second-order valence-corrected chi connectivity index (χ2v) is 36.1. The average molecular weight is 1810 g/mol. The summed E-state index contributed by atoms with van der Waals surface area (Å²) >= 11 is 1.67. The second kappa shape index (κ2) is 48.7. The largest absolute Gasteiger partial charge is 0.380 e. The van der Waals surface area contributed by atoms with E-state index in [0.717, 1.165) is 82.1 Å². The molecular weight excluding hydrogens is 1700 g/mol. The van der Waals surface area contributed by atoms with E-state index in [1.807, 2.05) is 47.8 Å². The first-order valence-corrected chi connectivity index (χ1v) is 46.9. The fourth-order valence-corrected chi connectivity index (χ4v) is 14.0. The van der Waals surface area contributed by atoms with Gasteiger partial charge in [-0.1, -0.05) is 61.6 Å². The number of tetrazole rings is 9. The van der Waals surface area contributed by atoms with Crippen LogP contribution in [0.3, 0.4) is 0 Å². The van der Waals surface area contributed by atoms with E-state index < -0.39 is 35.8 Å². The first-order valence-electron chi connectivity index (χ1n) is 39.7. The highest BCUT2D eigenvalue weighted by Gasteiger charge is 2.36. The number of aromatic nitrogens is 36. The lowest BCUT2D eigenvalue weighted by molar-refractivity contribution is -0.112. The number of hydrogen-bond donors (Lipinski definition) is 0. The summed E-state index contributed by atoms with van der Waals surface area (Å²) in [6.45, 7) is 21.3. The maximum absolute atomic E-state index is 11.7. The molecule has 6 aliphatic rings.